The molecular formula is C10H10O7. The van der Waals surface area contributed by atoms with Crippen molar-refractivity contribution in [2.75, 3.05) is 0 Å². The van der Waals surface area contributed by atoms with Gasteiger partial charge in [-0.2, -0.15) is 0 Å². The van der Waals surface area contributed by atoms with Gasteiger partial charge in [0, 0.05) is 0 Å². The zero-order chi connectivity index (χ0) is 13.2. The van der Waals surface area contributed by atoms with Crippen LogP contribution in [0.1, 0.15) is 5.56 Å². The normalized spacial score (nSPS) is 15.9. The molecule has 1 aromatic rings. The molecule has 0 aliphatic heterocycles. The third-order valence-electron chi connectivity index (χ3n) is 2.26. The van der Waals surface area contributed by atoms with Crippen LogP contribution in [0.25, 0.3) is 0 Å². The summed E-state index contributed by atoms with van der Waals surface area (Å²) in [5.41, 5.74) is -3.32. The molecule has 92 valence electrons. The minimum atomic E-state index is -2.97. The van der Waals surface area contributed by atoms with Crippen molar-refractivity contribution in [2.24, 2.45) is 0 Å². The quantitative estimate of drug-likeness (QED) is 0.462. The molecule has 17 heavy (non-hydrogen) atoms. The molecule has 1 aromatic carbocycles. The molecule has 0 spiro atoms. The second-order valence-electron chi connectivity index (χ2n) is 3.36. The van der Waals surface area contributed by atoms with Gasteiger partial charge >= 0.3 is 11.9 Å². The number of rotatable bonds is 4. The molecule has 0 saturated carbocycles. The van der Waals surface area contributed by atoms with Crippen LogP contribution < -0.4 is 0 Å². The van der Waals surface area contributed by atoms with Gasteiger partial charge in [-0.25, -0.2) is 9.59 Å². The second-order valence-corrected chi connectivity index (χ2v) is 3.36. The summed E-state index contributed by atoms with van der Waals surface area (Å²) in [6.07, 6.45) is -2.52. The molecule has 1 rings (SSSR count). The Balaban J connectivity index is 3.30. The molecular weight excluding hydrogens is 232 g/mol. The Hall–Kier alpha value is -2.12. The summed E-state index contributed by atoms with van der Waals surface area (Å²) >= 11 is 0. The number of carbonyl (C=O) groups is 2. The van der Waals surface area contributed by atoms with Gasteiger partial charge in [-0.3, -0.25) is 0 Å². The van der Waals surface area contributed by atoms with Gasteiger partial charge in [0.2, 0.25) is 5.60 Å². The molecule has 0 saturated heterocycles. The number of phenolic OH excluding ortho intramolecular Hbond substituents is 1. The van der Waals surface area contributed by atoms with Crippen molar-refractivity contribution < 1.29 is 35.1 Å². The highest BCUT2D eigenvalue weighted by Gasteiger charge is 2.49. The van der Waals surface area contributed by atoms with Crippen LogP contribution in [0.2, 0.25) is 0 Å². The van der Waals surface area contributed by atoms with Gasteiger partial charge in [-0.05, 0) is 17.7 Å². The van der Waals surface area contributed by atoms with E-state index in [1.54, 1.807) is 0 Å². The fourth-order valence-corrected chi connectivity index (χ4v) is 1.29. The molecule has 0 aliphatic rings. The lowest BCUT2D eigenvalue weighted by Crippen LogP contribution is -2.50. The van der Waals surface area contributed by atoms with Gasteiger partial charge in [0.15, 0.2) is 6.10 Å². The number of aliphatic hydroxyl groups is 2. The highest BCUT2D eigenvalue weighted by molar-refractivity contribution is 5.88. The minimum Gasteiger partial charge on any atom is -0.508 e. The van der Waals surface area contributed by atoms with Crippen molar-refractivity contribution in [1.29, 1.82) is 0 Å². The van der Waals surface area contributed by atoms with Crippen LogP contribution in [0, 0.1) is 0 Å². The van der Waals surface area contributed by atoms with Crippen LogP contribution in [0.15, 0.2) is 24.3 Å². The standard InChI is InChI=1S/C10H10O7/c11-6-3-1-5(2-4-6)10(17,9(15)16)7(12)8(13)14/h1-4,7,11-12,17H,(H,13,14)(H,15,16). The molecule has 0 bridgehead atoms. The van der Waals surface area contributed by atoms with Crippen LogP contribution in [0.3, 0.4) is 0 Å². The van der Waals surface area contributed by atoms with Crippen LogP contribution in [0.5, 0.6) is 5.75 Å². The number of benzene rings is 1. The fourth-order valence-electron chi connectivity index (χ4n) is 1.29. The molecule has 2 atom stereocenters. The molecule has 0 fully saturated rings. The number of hydrogen-bond acceptors (Lipinski definition) is 5. The Bertz CT molecular complexity index is 438. The van der Waals surface area contributed by atoms with Gasteiger partial charge in [0.1, 0.15) is 5.75 Å². The number of carboxylic acid groups (broad SMARTS) is 2. The van der Waals surface area contributed by atoms with E-state index in [4.69, 9.17) is 15.3 Å². The van der Waals surface area contributed by atoms with Gasteiger partial charge in [-0.15, -0.1) is 0 Å². The van der Waals surface area contributed by atoms with Gasteiger partial charge in [0.25, 0.3) is 0 Å². The van der Waals surface area contributed by atoms with E-state index in [9.17, 15) is 19.8 Å². The first-order chi connectivity index (χ1) is 7.80. The first kappa shape index (κ1) is 12.9. The van der Waals surface area contributed by atoms with Crippen LogP contribution in [-0.2, 0) is 15.2 Å². The summed E-state index contributed by atoms with van der Waals surface area (Å²) in [7, 11) is 0. The van der Waals surface area contributed by atoms with E-state index in [0.29, 0.717) is 0 Å². The molecule has 0 aromatic heterocycles. The Labute approximate surface area is 95.2 Å². The van der Waals surface area contributed by atoms with Crippen molar-refractivity contribution in [2.45, 2.75) is 11.7 Å². The summed E-state index contributed by atoms with van der Waals surface area (Å²) in [5.74, 6) is -3.97. The SMILES string of the molecule is O=C(O)C(O)C(O)(C(=O)O)c1ccc(O)cc1. The number of hydrogen-bond donors (Lipinski definition) is 5. The monoisotopic (exact) mass is 242 g/mol. The Morgan fingerprint density at radius 1 is 1.12 bits per heavy atom. The van der Waals surface area contributed by atoms with Gasteiger partial charge < -0.3 is 25.5 Å². The predicted molar refractivity (Wildman–Crippen MR) is 53.3 cm³/mol. The van der Waals surface area contributed by atoms with Crippen molar-refractivity contribution >= 4 is 11.9 Å². The lowest BCUT2D eigenvalue weighted by atomic mass is 9.88. The highest BCUT2D eigenvalue weighted by atomic mass is 16.4. The average molecular weight is 242 g/mol. The third kappa shape index (κ3) is 2.19. The van der Waals surface area contributed by atoms with E-state index >= 15 is 0 Å². The van der Waals surface area contributed by atoms with Crippen LogP contribution in [0.4, 0.5) is 0 Å². The van der Waals surface area contributed by atoms with Crippen LogP contribution >= 0.6 is 0 Å². The average Bonchev–Trinajstić information content (AvgIpc) is 2.27. The molecule has 0 radical (unpaired) electrons. The molecule has 7 nitrogen and oxygen atoms in total. The fraction of sp³-hybridized carbons (Fsp3) is 0.200. The number of aliphatic hydroxyl groups excluding tert-OH is 1. The van der Waals surface area contributed by atoms with Crippen molar-refractivity contribution in [1.82, 2.24) is 0 Å². The molecule has 0 aliphatic carbocycles. The maximum Gasteiger partial charge on any atom is 0.343 e. The maximum absolute atomic E-state index is 10.9. The zero-order valence-corrected chi connectivity index (χ0v) is 8.44. The van der Waals surface area contributed by atoms with E-state index in [1.165, 1.54) is 0 Å². The Kier molecular flexibility index (Phi) is 3.35. The van der Waals surface area contributed by atoms with Crippen molar-refractivity contribution in [3.63, 3.8) is 0 Å². The number of carboxylic acids is 2. The summed E-state index contributed by atoms with van der Waals surface area (Å²) in [5, 5.41) is 45.4. The lowest BCUT2D eigenvalue weighted by Gasteiger charge is -2.26. The Morgan fingerprint density at radius 3 is 1.94 bits per heavy atom. The van der Waals surface area contributed by atoms with E-state index < -0.39 is 23.6 Å². The topological polar surface area (TPSA) is 135 Å². The van der Waals surface area contributed by atoms with E-state index in [-0.39, 0.29) is 11.3 Å². The lowest BCUT2D eigenvalue weighted by molar-refractivity contribution is -0.185. The molecule has 2 unspecified atom stereocenters. The van der Waals surface area contributed by atoms with Crippen molar-refractivity contribution in [3.8, 4) is 5.75 Å². The second kappa shape index (κ2) is 4.40. The van der Waals surface area contributed by atoms with E-state index in [1.807, 2.05) is 0 Å². The van der Waals surface area contributed by atoms with Gasteiger partial charge in [0.05, 0.1) is 0 Å². The first-order valence-electron chi connectivity index (χ1n) is 4.46. The number of aliphatic carboxylic acids is 2. The molecule has 7 heteroatoms. The predicted octanol–water partition coefficient (Wildman–Crippen LogP) is -0.890. The molecule has 0 amide bonds. The van der Waals surface area contributed by atoms with E-state index in [2.05, 4.69) is 0 Å². The molecule has 0 heterocycles. The van der Waals surface area contributed by atoms with E-state index in [0.717, 1.165) is 24.3 Å². The Morgan fingerprint density at radius 2 is 1.59 bits per heavy atom. The van der Waals surface area contributed by atoms with Crippen LogP contribution in [-0.4, -0.2) is 43.6 Å². The minimum absolute atomic E-state index is 0.189. The number of phenols is 1. The van der Waals surface area contributed by atoms with Crippen molar-refractivity contribution in [3.05, 3.63) is 29.8 Å². The zero-order valence-electron chi connectivity index (χ0n) is 8.44. The largest absolute Gasteiger partial charge is 0.508 e. The maximum atomic E-state index is 10.9. The first-order valence-corrected chi connectivity index (χ1v) is 4.46. The third-order valence-corrected chi connectivity index (χ3v) is 2.26. The smallest absolute Gasteiger partial charge is 0.343 e. The summed E-state index contributed by atoms with van der Waals surface area (Å²) in [4.78, 5) is 21.5. The number of aromatic hydroxyl groups is 1. The van der Waals surface area contributed by atoms with Gasteiger partial charge in [-0.1, -0.05) is 12.1 Å². The highest BCUT2D eigenvalue weighted by Crippen LogP contribution is 2.27. The summed E-state index contributed by atoms with van der Waals surface area (Å²) in [6.45, 7) is 0. The molecule has 5 N–H and O–H groups in total. The summed E-state index contributed by atoms with van der Waals surface area (Å²) in [6, 6.07) is 4.15. The summed E-state index contributed by atoms with van der Waals surface area (Å²) < 4.78 is 0.